The van der Waals surface area contributed by atoms with Crippen molar-refractivity contribution < 1.29 is 17.9 Å². The highest BCUT2D eigenvalue weighted by atomic mass is 32.2. The first kappa shape index (κ1) is 25.5. The van der Waals surface area contributed by atoms with Gasteiger partial charge in [0.05, 0.1) is 24.3 Å². The van der Waals surface area contributed by atoms with Crippen LogP contribution in [0.15, 0.2) is 23.6 Å². The van der Waals surface area contributed by atoms with Crippen molar-refractivity contribution in [1.29, 1.82) is 0 Å². The highest BCUT2D eigenvalue weighted by molar-refractivity contribution is 7.91. The summed E-state index contributed by atoms with van der Waals surface area (Å²) in [7, 11) is -1.18. The molecule has 3 heterocycles. The van der Waals surface area contributed by atoms with Crippen molar-refractivity contribution in [3.8, 4) is 17.0 Å². The molecule has 1 saturated carbocycles. The first-order valence-corrected chi connectivity index (χ1v) is 15.8. The summed E-state index contributed by atoms with van der Waals surface area (Å²) >= 11 is 1.43. The van der Waals surface area contributed by atoms with Crippen LogP contribution in [-0.4, -0.2) is 80.1 Å². The van der Waals surface area contributed by atoms with Gasteiger partial charge < -0.3 is 9.64 Å². The highest BCUT2D eigenvalue weighted by Gasteiger charge is 2.31. The highest BCUT2D eigenvalue weighted by Crippen LogP contribution is 2.38. The zero-order chi connectivity index (χ0) is 25.1. The SMILES string of the molecule is COc1ccc(C2CCCCC2)cc1-c1csc(NC(=O)N2CCN(C3CCS(=O)(=O)CC3)CC2)n1. The number of urea groups is 1. The van der Waals surface area contributed by atoms with E-state index in [-0.39, 0.29) is 17.5 Å². The topological polar surface area (TPSA) is 91.8 Å². The lowest BCUT2D eigenvalue weighted by Crippen LogP contribution is -2.54. The molecule has 2 amide bonds. The van der Waals surface area contributed by atoms with Gasteiger partial charge in [-0.2, -0.15) is 0 Å². The summed E-state index contributed by atoms with van der Waals surface area (Å²) in [5, 5.41) is 5.54. The Labute approximate surface area is 218 Å². The molecule has 10 heteroatoms. The van der Waals surface area contributed by atoms with Crippen molar-refractivity contribution in [3.05, 3.63) is 29.1 Å². The fraction of sp³-hybridized carbons (Fsp3) is 0.615. The fourth-order valence-electron chi connectivity index (χ4n) is 5.77. The van der Waals surface area contributed by atoms with Gasteiger partial charge in [0.25, 0.3) is 0 Å². The van der Waals surface area contributed by atoms with Crippen molar-refractivity contribution in [1.82, 2.24) is 14.8 Å². The number of aromatic nitrogens is 1. The number of amides is 2. The van der Waals surface area contributed by atoms with Gasteiger partial charge in [0.15, 0.2) is 5.13 Å². The van der Waals surface area contributed by atoms with E-state index in [0.29, 0.717) is 43.0 Å². The molecule has 36 heavy (non-hydrogen) atoms. The molecule has 1 aliphatic carbocycles. The molecule has 0 atom stereocenters. The van der Waals surface area contributed by atoms with Crippen LogP contribution >= 0.6 is 11.3 Å². The maximum absolute atomic E-state index is 12.9. The molecule has 1 N–H and O–H groups in total. The minimum atomic E-state index is -2.86. The van der Waals surface area contributed by atoms with Gasteiger partial charge in [-0.25, -0.2) is 18.2 Å². The summed E-state index contributed by atoms with van der Waals surface area (Å²) < 4.78 is 29.1. The fourth-order valence-corrected chi connectivity index (χ4v) is 7.94. The minimum Gasteiger partial charge on any atom is -0.496 e. The lowest BCUT2D eigenvalue weighted by atomic mass is 9.83. The number of benzene rings is 1. The molecule has 0 radical (unpaired) electrons. The van der Waals surface area contributed by atoms with Crippen LogP contribution in [0.25, 0.3) is 11.3 Å². The average molecular weight is 533 g/mol. The lowest BCUT2D eigenvalue weighted by molar-refractivity contribution is 0.108. The molecule has 2 saturated heterocycles. The van der Waals surface area contributed by atoms with Crippen LogP contribution in [0, 0.1) is 0 Å². The third-order valence-electron chi connectivity index (χ3n) is 7.94. The number of carbonyl (C=O) groups is 1. The minimum absolute atomic E-state index is 0.135. The number of piperazine rings is 1. The molecule has 0 spiro atoms. The van der Waals surface area contributed by atoms with Gasteiger partial charge >= 0.3 is 6.03 Å². The van der Waals surface area contributed by atoms with E-state index in [2.05, 4.69) is 22.3 Å². The standard InChI is InChI=1S/C26H36N4O4S2/c1-34-24-8-7-20(19-5-3-2-4-6-19)17-22(24)23-18-35-25(27-23)28-26(31)30-13-11-29(12-14-30)21-9-15-36(32,33)16-10-21/h7-8,17-19,21H,2-6,9-16H2,1H3,(H,27,28,31). The number of thiazole rings is 1. The normalized spacial score (nSPS) is 21.9. The van der Waals surface area contributed by atoms with Crippen LogP contribution < -0.4 is 10.1 Å². The van der Waals surface area contributed by atoms with E-state index in [1.165, 1.54) is 49.0 Å². The number of ether oxygens (including phenoxy) is 1. The van der Waals surface area contributed by atoms with Gasteiger partial charge in [0.2, 0.25) is 0 Å². The number of nitrogens with one attached hydrogen (secondary N) is 1. The first-order valence-electron chi connectivity index (χ1n) is 13.1. The monoisotopic (exact) mass is 532 g/mol. The molecule has 0 unspecified atom stereocenters. The van der Waals surface area contributed by atoms with E-state index in [4.69, 9.17) is 9.72 Å². The number of hydrogen-bond donors (Lipinski definition) is 1. The van der Waals surface area contributed by atoms with Crippen molar-refractivity contribution in [2.45, 2.75) is 56.9 Å². The zero-order valence-corrected chi connectivity index (χ0v) is 22.6. The Hall–Kier alpha value is -2.17. The Morgan fingerprint density at radius 2 is 1.78 bits per heavy atom. The maximum atomic E-state index is 12.9. The second-order valence-corrected chi connectivity index (χ2v) is 13.3. The molecule has 1 aromatic heterocycles. The molecule has 1 aromatic carbocycles. The van der Waals surface area contributed by atoms with E-state index in [1.54, 1.807) is 7.11 Å². The number of carbonyl (C=O) groups excluding carboxylic acids is 1. The van der Waals surface area contributed by atoms with Crippen LogP contribution in [-0.2, 0) is 9.84 Å². The van der Waals surface area contributed by atoms with E-state index < -0.39 is 9.84 Å². The molecular weight excluding hydrogens is 496 g/mol. The number of rotatable bonds is 5. The number of anilines is 1. The maximum Gasteiger partial charge on any atom is 0.323 e. The smallest absolute Gasteiger partial charge is 0.323 e. The second kappa shape index (κ2) is 11.1. The summed E-state index contributed by atoms with van der Waals surface area (Å²) in [5.41, 5.74) is 3.14. The lowest BCUT2D eigenvalue weighted by Gasteiger charge is -2.40. The van der Waals surface area contributed by atoms with Gasteiger partial charge in [-0.1, -0.05) is 25.3 Å². The number of nitrogens with zero attached hydrogens (tertiary/aromatic N) is 3. The van der Waals surface area contributed by atoms with Gasteiger partial charge in [-0.15, -0.1) is 11.3 Å². The molecule has 196 valence electrons. The summed E-state index contributed by atoms with van der Waals surface area (Å²) in [6.45, 7) is 2.80. The Bertz CT molecular complexity index is 1150. The van der Waals surface area contributed by atoms with E-state index in [0.717, 1.165) is 30.1 Å². The second-order valence-electron chi connectivity index (χ2n) is 10.2. The van der Waals surface area contributed by atoms with Crippen LogP contribution in [0.2, 0.25) is 0 Å². The molecule has 0 bridgehead atoms. The third kappa shape index (κ3) is 5.86. The number of hydrogen-bond acceptors (Lipinski definition) is 7. The largest absolute Gasteiger partial charge is 0.496 e. The Morgan fingerprint density at radius 1 is 1.06 bits per heavy atom. The van der Waals surface area contributed by atoms with Gasteiger partial charge in [0, 0.05) is 43.2 Å². The third-order valence-corrected chi connectivity index (χ3v) is 10.4. The predicted octanol–water partition coefficient (Wildman–Crippen LogP) is 4.59. The van der Waals surface area contributed by atoms with Crippen LogP contribution in [0.4, 0.5) is 9.93 Å². The molecule has 3 fully saturated rings. The summed E-state index contributed by atoms with van der Waals surface area (Å²) in [5.74, 6) is 1.94. The predicted molar refractivity (Wildman–Crippen MR) is 144 cm³/mol. The average Bonchev–Trinajstić information content (AvgIpc) is 3.37. The van der Waals surface area contributed by atoms with Crippen molar-refractivity contribution in [2.75, 3.05) is 50.1 Å². The molecular formula is C26H36N4O4S2. The van der Waals surface area contributed by atoms with Gasteiger partial charge in [0.1, 0.15) is 15.6 Å². The summed E-state index contributed by atoms with van der Waals surface area (Å²) in [6.07, 6.45) is 7.76. The Kier molecular flexibility index (Phi) is 7.83. The van der Waals surface area contributed by atoms with Gasteiger partial charge in [-0.05, 0) is 49.3 Å². The molecule has 8 nitrogen and oxygen atoms in total. The molecule has 5 rings (SSSR count). The van der Waals surface area contributed by atoms with E-state index >= 15 is 0 Å². The van der Waals surface area contributed by atoms with Crippen LogP contribution in [0.5, 0.6) is 5.75 Å². The van der Waals surface area contributed by atoms with Crippen LogP contribution in [0.3, 0.4) is 0 Å². The summed E-state index contributed by atoms with van der Waals surface area (Å²) in [6, 6.07) is 6.60. The molecule has 2 aromatic rings. The Morgan fingerprint density at radius 3 is 2.47 bits per heavy atom. The molecule has 2 aliphatic heterocycles. The number of methoxy groups -OCH3 is 1. The molecule has 3 aliphatic rings. The first-order chi connectivity index (χ1) is 17.4. The quantitative estimate of drug-likeness (QED) is 0.606. The Balaban J connectivity index is 1.19. The number of sulfone groups is 1. The zero-order valence-electron chi connectivity index (χ0n) is 20.9. The van der Waals surface area contributed by atoms with E-state index in [9.17, 15) is 13.2 Å². The van der Waals surface area contributed by atoms with Crippen molar-refractivity contribution >= 4 is 32.3 Å². The van der Waals surface area contributed by atoms with Crippen molar-refractivity contribution in [2.24, 2.45) is 0 Å². The summed E-state index contributed by atoms with van der Waals surface area (Å²) in [4.78, 5) is 21.8. The van der Waals surface area contributed by atoms with E-state index in [1.807, 2.05) is 16.3 Å². The van der Waals surface area contributed by atoms with Crippen molar-refractivity contribution in [3.63, 3.8) is 0 Å². The van der Waals surface area contributed by atoms with Crippen LogP contribution in [0.1, 0.15) is 56.4 Å². The van der Waals surface area contributed by atoms with Gasteiger partial charge in [-0.3, -0.25) is 10.2 Å².